The average Bonchev–Trinajstić information content (AvgIpc) is 3.01. The molecule has 2 N–H and O–H groups in total. The van der Waals surface area contributed by atoms with Crippen LogP contribution in [0.1, 0.15) is 12.0 Å². The molecule has 11 heteroatoms. The summed E-state index contributed by atoms with van der Waals surface area (Å²) in [7, 11) is -2.53. The minimum Gasteiger partial charge on any atom is -0.408 e. The van der Waals surface area contributed by atoms with Gasteiger partial charge in [0.15, 0.2) is 5.58 Å². The third-order valence-corrected chi connectivity index (χ3v) is 7.26. The summed E-state index contributed by atoms with van der Waals surface area (Å²) in [5.74, 6) is -0.515. The van der Waals surface area contributed by atoms with E-state index in [0.717, 1.165) is 5.56 Å². The Morgan fingerprint density at radius 3 is 2.68 bits per heavy atom. The van der Waals surface area contributed by atoms with E-state index in [1.165, 1.54) is 41.6 Å². The predicted octanol–water partition coefficient (Wildman–Crippen LogP) is 3.13. The lowest BCUT2D eigenvalue weighted by atomic mass is 10.2. The Morgan fingerprint density at radius 1 is 1.26 bits per heavy atom. The number of carbonyl (C=O) groups excluding carboxylic acids is 1. The van der Waals surface area contributed by atoms with Crippen LogP contribution in [-0.4, -0.2) is 36.9 Å². The number of carbonyl (C=O) groups is 1. The first-order valence-electron chi connectivity index (χ1n) is 9.30. The maximum atomic E-state index is 13.0. The highest BCUT2D eigenvalue weighted by atomic mass is 35.5. The highest BCUT2D eigenvalue weighted by Gasteiger charge is 2.26. The molecule has 0 spiro atoms. The van der Waals surface area contributed by atoms with E-state index in [4.69, 9.17) is 16.0 Å². The molecule has 0 saturated heterocycles. The summed E-state index contributed by atoms with van der Waals surface area (Å²) < 4.78 is 34.7. The van der Waals surface area contributed by atoms with Crippen molar-refractivity contribution < 1.29 is 17.6 Å². The molecule has 1 atom stereocenters. The number of thioether (sulfide) groups is 1. The number of benzene rings is 2. The highest BCUT2D eigenvalue weighted by Crippen LogP contribution is 2.21. The van der Waals surface area contributed by atoms with Gasteiger partial charge in [0.2, 0.25) is 15.9 Å². The molecule has 0 aliphatic heterocycles. The van der Waals surface area contributed by atoms with Crippen molar-refractivity contribution in [3.8, 4) is 0 Å². The van der Waals surface area contributed by atoms with Gasteiger partial charge in [-0.25, -0.2) is 13.2 Å². The standard InChI is InChI=1S/C20H22ClN3O5S2/c1-12-4-5-13(10-15(12)21)22-19(25)16(8-9-30-3)23-31(27,28)14-6-7-17-18(11-14)29-20(26)24(17)2/h4-7,10-11,16,23H,8-9H2,1-3H3,(H,22,25)/t16-/m0/s1. The quantitative estimate of drug-likeness (QED) is 0.509. The number of sulfonamides is 1. The van der Waals surface area contributed by atoms with Crippen LogP contribution in [0.2, 0.25) is 5.02 Å². The molecule has 1 heterocycles. The number of hydrogen-bond donors (Lipinski definition) is 2. The first-order chi connectivity index (χ1) is 14.6. The molecule has 8 nitrogen and oxygen atoms in total. The number of amides is 1. The Labute approximate surface area is 189 Å². The predicted molar refractivity (Wildman–Crippen MR) is 123 cm³/mol. The molecule has 0 saturated carbocycles. The van der Waals surface area contributed by atoms with Crippen LogP contribution in [0.15, 0.2) is 50.5 Å². The molecule has 3 aromatic rings. The number of fused-ring (bicyclic) bond motifs is 1. The summed E-state index contributed by atoms with van der Waals surface area (Å²) in [6.45, 7) is 1.84. The molecule has 0 aliphatic rings. The second kappa shape index (κ2) is 9.47. The number of aryl methyl sites for hydroxylation is 2. The third kappa shape index (κ3) is 5.32. The summed E-state index contributed by atoms with van der Waals surface area (Å²) >= 11 is 7.61. The van der Waals surface area contributed by atoms with E-state index < -0.39 is 27.7 Å². The summed E-state index contributed by atoms with van der Waals surface area (Å²) in [4.78, 5) is 24.4. The SMILES string of the molecule is CSCC[C@H](NS(=O)(=O)c1ccc2c(c1)oc(=O)n2C)C(=O)Nc1ccc(C)c(Cl)c1. The lowest BCUT2D eigenvalue weighted by Gasteiger charge is -2.18. The van der Waals surface area contributed by atoms with E-state index in [9.17, 15) is 18.0 Å². The molecular weight excluding hydrogens is 462 g/mol. The van der Waals surface area contributed by atoms with Crippen molar-refractivity contribution in [2.75, 3.05) is 17.3 Å². The second-order valence-corrected chi connectivity index (χ2v) is 10.1. The Hall–Kier alpha value is -2.27. The number of anilines is 1. The van der Waals surface area contributed by atoms with Crippen LogP contribution >= 0.6 is 23.4 Å². The smallest absolute Gasteiger partial charge is 0.408 e. The van der Waals surface area contributed by atoms with Crippen LogP contribution in [0.5, 0.6) is 0 Å². The van der Waals surface area contributed by atoms with Crippen LogP contribution in [0.25, 0.3) is 11.1 Å². The Bertz CT molecular complexity index is 1280. The molecular formula is C20H22ClN3O5S2. The van der Waals surface area contributed by atoms with Crippen LogP contribution in [0.4, 0.5) is 5.69 Å². The zero-order valence-corrected chi connectivity index (χ0v) is 19.5. The first kappa shape index (κ1) is 23.4. The zero-order chi connectivity index (χ0) is 22.8. The van der Waals surface area contributed by atoms with Crippen LogP contribution in [-0.2, 0) is 21.9 Å². The van der Waals surface area contributed by atoms with Crippen molar-refractivity contribution in [3.63, 3.8) is 0 Å². The molecule has 1 amide bonds. The van der Waals surface area contributed by atoms with Crippen molar-refractivity contribution in [2.45, 2.75) is 24.3 Å². The van der Waals surface area contributed by atoms with E-state index in [1.807, 2.05) is 13.2 Å². The van der Waals surface area contributed by atoms with Crippen molar-refractivity contribution in [3.05, 3.63) is 57.5 Å². The van der Waals surface area contributed by atoms with Gasteiger partial charge in [-0.15, -0.1) is 0 Å². The van der Waals surface area contributed by atoms with Crippen molar-refractivity contribution in [2.24, 2.45) is 7.05 Å². The highest BCUT2D eigenvalue weighted by molar-refractivity contribution is 7.98. The van der Waals surface area contributed by atoms with E-state index >= 15 is 0 Å². The number of rotatable bonds is 8. The largest absolute Gasteiger partial charge is 0.419 e. The van der Waals surface area contributed by atoms with Crippen LogP contribution in [0, 0.1) is 6.92 Å². The number of oxazole rings is 1. The fraction of sp³-hybridized carbons (Fsp3) is 0.300. The maximum absolute atomic E-state index is 13.0. The van der Waals surface area contributed by atoms with Crippen molar-refractivity contribution in [1.82, 2.24) is 9.29 Å². The number of halogens is 1. The van der Waals surface area contributed by atoms with Crippen molar-refractivity contribution in [1.29, 1.82) is 0 Å². The fourth-order valence-electron chi connectivity index (χ4n) is 2.92. The molecule has 1 aromatic heterocycles. The normalized spacial score (nSPS) is 12.8. The van der Waals surface area contributed by atoms with Gasteiger partial charge in [-0.1, -0.05) is 17.7 Å². The molecule has 0 radical (unpaired) electrons. The molecule has 31 heavy (non-hydrogen) atoms. The summed E-state index contributed by atoms with van der Waals surface area (Å²) in [6.07, 6.45) is 2.16. The number of nitrogens with one attached hydrogen (secondary N) is 2. The van der Waals surface area contributed by atoms with Gasteiger partial charge in [-0.05, 0) is 55.2 Å². The summed E-state index contributed by atoms with van der Waals surface area (Å²) in [5, 5.41) is 3.21. The molecule has 2 aromatic carbocycles. The van der Waals surface area contributed by atoms with E-state index in [-0.39, 0.29) is 16.9 Å². The molecule has 0 bridgehead atoms. The zero-order valence-electron chi connectivity index (χ0n) is 17.1. The minimum atomic E-state index is -4.05. The summed E-state index contributed by atoms with van der Waals surface area (Å²) in [5.41, 5.74) is 1.95. The minimum absolute atomic E-state index is 0.102. The second-order valence-electron chi connectivity index (χ2n) is 6.97. The first-order valence-corrected chi connectivity index (χ1v) is 12.6. The van der Waals surface area contributed by atoms with Gasteiger partial charge in [-0.3, -0.25) is 9.36 Å². The number of hydrogen-bond acceptors (Lipinski definition) is 6. The lowest BCUT2D eigenvalue weighted by molar-refractivity contribution is -0.117. The molecule has 0 fully saturated rings. The van der Waals surface area contributed by atoms with Gasteiger partial charge in [0, 0.05) is 23.8 Å². The van der Waals surface area contributed by atoms with Gasteiger partial charge in [0.05, 0.1) is 10.4 Å². The van der Waals surface area contributed by atoms with Gasteiger partial charge in [0.25, 0.3) is 0 Å². The van der Waals surface area contributed by atoms with Crippen LogP contribution in [0.3, 0.4) is 0 Å². The molecule has 3 rings (SSSR count). The van der Waals surface area contributed by atoms with E-state index in [1.54, 1.807) is 18.2 Å². The summed E-state index contributed by atoms with van der Waals surface area (Å²) in [6, 6.07) is 8.19. The Morgan fingerprint density at radius 2 is 2.00 bits per heavy atom. The lowest BCUT2D eigenvalue weighted by Crippen LogP contribution is -2.44. The van der Waals surface area contributed by atoms with E-state index in [2.05, 4.69) is 10.0 Å². The fourth-order valence-corrected chi connectivity index (χ4v) is 4.81. The van der Waals surface area contributed by atoms with Gasteiger partial charge in [0.1, 0.15) is 6.04 Å². The monoisotopic (exact) mass is 483 g/mol. The van der Waals surface area contributed by atoms with Crippen LogP contribution < -0.4 is 15.8 Å². The topological polar surface area (TPSA) is 110 Å². The number of aromatic nitrogens is 1. The third-order valence-electron chi connectivity index (χ3n) is 4.74. The maximum Gasteiger partial charge on any atom is 0.419 e. The van der Waals surface area contributed by atoms with Gasteiger partial charge >= 0.3 is 5.76 Å². The van der Waals surface area contributed by atoms with E-state index in [0.29, 0.717) is 22.0 Å². The Balaban J connectivity index is 1.85. The van der Waals surface area contributed by atoms with Crippen molar-refractivity contribution >= 4 is 56.1 Å². The molecule has 0 unspecified atom stereocenters. The van der Waals surface area contributed by atoms with Gasteiger partial charge < -0.3 is 9.73 Å². The number of nitrogens with zero attached hydrogens (tertiary/aromatic N) is 1. The van der Waals surface area contributed by atoms with Gasteiger partial charge in [-0.2, -0.15) is 16.5 Å². The Kier molecular flexibility index (Phi) is 7.15. The average molecular weight is 484 g/mol. The molecule has 166 valence electrons. The molecule has 0 aliphatic carbocycles.